The van der Waals surface area contributed by atoms with Gasteiger partial charge in [0.1, 0.15) is 5.75 Å². The fraction of sp³-hybridized carbons (Fsp3) is 0.167. The molecule has 2 heterocycles. The van der Waals surface area contributed by atoms with Crippen LogP contribution >= 0.6 is 15.9 Å². The van der Waals surface area contributed by atoms with E-state index in [4.69, 9.17) is 9.84 Å². The molecule has 5 rings (SSSR count). The van der Waals surface area contributed by atoms with Crippen LogP contribution in [0.3, 0.4) is 0 Å². The zero-order valence-electron chi connectivity index (χ0n) is 15.9. The molecule has 2 unspecified atom stereocenters. The quantitative estimate of drug-likeness (QED) is 0.498. The molecular formula is C24H19BrN2O2. The highest BCUT2D eigenvalue weighted by Crippen LogP contribution is 2.43. The molecule has 0 amide bonds. The second-order valence-corrected chi connectivity index (χ2v) is 8.31. The highest BCUT2D eigenvalue weighted by atomic mass is 79.9. The number of hydrazone groups is 1. The van der Waals surface area contributed by atoms with E-state index in [0.717, 1.165) is 33.5 Å². The lowest BCUT2D eigenvalue weighted by molar-refractivity contribution is -0.00455. The molecule has 0 fully saturated rings. The van der Waals surface area contributed by atoms with Gasteiger partial charge >= 0.3 is 0 Å². The highest BCUT2D eigenvalue weighted by molar-refractivity contribution is 9.10. The van der Waals surface area contributed by atoms with Crippen LogP contribution in [0.1, 0.15) is 39.5 Å². The number of carbonyl (C=O) groups excluding carboxylic acids is 1. The lowest BCUT2D eigenvalue weighted by Gasteiger charge is -2.37. The normalized spacial score (nSPS) is 19.8. The lowest BCUT2D eigenvalue weighted by atomic mass is 9.95. The molecule has 0 spiro atoms. The number of benzene rings is 3. The molecule has 0 aromatic heterocycles. The average Bonchev–Trinajstić information content (AvgIpc) is 3.19. The molecule has 144 valence electrons. The summed E-state index contributed by atoms with van der Waals surface area (Å²) in [6, 6.07) is 23.6. The van der Waals surface area contributed by atoms with Crippen LogP contribution < -0.4 is 4.74 Å². The first-order chi connectivity index (χ1) is 14.1. The molecule has 0 radical (unpaired) electrons. The van der Waals surface area contributed by atoms with E-state index in [1.165, 1.54) is 5.56 Å². The number of Topliss-reactive ketones (excluding diaryl/α,β-unsaturated/α-hetero) is 1. The molecule has 0 saturated carbocycles. The Kier molecular flexibility index (Phi) is 4.47. The average molecular weight is 447 g/mol. The Morgan fingerprint density at radius 2 is 1.76 bits per heavy atom. The van der Waals surface area contributed by atoms with E-state index in [1.54, 1.807) is 0 Å². The van der Waals surface area contributed by atoms with E-state index in [9.17, 15) is 4.79 Å². The van der Waals surface area contributed by atoms with Crippen LogP contribution in [0.25, 0.3) is 0 Å². The number of carbonyl (C=O) groups is 1. The van der Waals surface area contributed by atoms with Gasteiger partial charge in [-0.3, -0.25) is 4.79 Å². The molecule has 2 atom stereocenters. The monoisotopic (exact) mass is 446 g/mol. The number of halogens is 1. The number of hydrogen-bond acceptors (Lipinski definition) is 4. The minimum Gasteiger partial charge on any atom is -0.461 e. The van der Waals surface area contributed by atoms with Crippen molar-refractivity contribution >= 4 is 27.4 Å². The van der Waals surface area contributed by atoms with Crippen molar-refractivity contribution in [1.29, 1.82) is 0 Å². The van der Waals surface area contributed by atoms with Gasteiger partial charge in [0.2, 0.25) is 5.78 Å². The summed E-state index contributed by atoms with van der Waals surface area (Å²) in [6.45, 7) is 2.07. The Morgan fingerprint density at radius 1 is 1.03 bits per heavy atom. The lowest BCUT2D eigenvalue weighted by Crippen LogP contribution is -2.45. The number of ether oxygens (including phenoxy) is 1. The Labute approximate surface area is 177 Å². The van der Waals surface area contributed by atoms with Crippen LogP contribution in [-0.2, 0) is 0 Å². The van der Waals surface area contributed by atoms with Gasteiger partial charge in [-0.2, -0.15) is 5.10 Å². The van der Waals surface area contributed by atoms with Crippen LogP contribution in [0.5, 0.6) is 5.75 Å². The number of para-hydroxylation sites is 1. The number of rotatable bonds is 3. The summed E-state index contributed by atoms with van der Waals surface area (Å²) in [4.78, 5) is 13.3. The molecule has 0 bridgehead atoms. The molecule has 3 aromatic rings. The molecule has 2 aliphatic heterocycles. The van der Waals surface area contributed by atoms with E-state index in [-0.39, 0.29) is 11.8 Å². The predicted octanol–water partition coefficient (Wildman–Crippen LogP) is 5.51. The van der Waals surface area contributed by atoms with E-state index in [0.29, 0.717) is 5.56 Å². The zero-order chi connectivity index (χ0) is 20.0. The molecule has 2 aliphatic rings. The van der Waals surface area contributed by atoms with Crippen LogP contribution in [-0.4, -0.2) is 22.7 Å². The second-order valence-electron chi connectivity index (χ2n) is 7.39. The van der Waals surface area contributed by atoms with Crippen molar-refractivity contribution in [3.8, 4) is 5.75 Å². The molecule has 3 aromatic carbocycles. The van der Waals surface area contributed by atoms with E-state index < -0.39 is 6.23 Å². The Morgan fingerprint density at radius 3 is 2.52 bits per heavy atom. The molecule has 5 heteroatoms. The maximum Gasteiger partial charge on any atom is 0.251 e. The number of nitrogens with zero attached hydrogens (tertiary/aromatic N) is 2. The zero-order valence-corrected chi connectivity index (χ0v) is 17.5. The number of hydrogen-bond donors (Lipinski definition) is 0. The minimum absolute atomic E-state index is 0.0133. The van der Waals surface area contributed by atoms with Crippen molar-refractivity contribution in [1.82, 2.24) is 5.01 Å². The molecule has 0 saturated heterocycles. The van der Waals surface area contributed by atoms with Gasteiger partial charge in [0.25, 0.3) is 6.23 Å². The third-order valence-corrected chi connectivity index (χ3v) is 5.97. The minimum atomic E-state index is -0.779. The van der Waals surface area contributed by atoms with E-state index >= 15 is 0 Å². The van der Waals surface area contributed by atoms with Crippen molar-refractivity contribution in [2.75, 3.05) is 0 Å². The first-order valence-electron chi connectivity index (χ1n) is 9.58. The first-order valence-corrected chi connectivity index (χ1v) is 10.4. The van der Waals surface area contributed by atoms with Crippen molar-refractivity contribution in [3.05, 3.63) is 99.5 Å². The third-order valence-electron chi connectivity index (χ3n) is 5.44. The van der Waals surface area contributed by atoms with Crippen LogP contribution in [0.2, 0.25) is 0 Å². The van der Waals surface area contributed by atoms with Gasteiger partial charge in [0.05, 0.1) is 11.8 Å². The van der Waals surface area contributed by atoms with Crippen LogP contribution in [0.15, 0.2) is 82.4 Å². The summed E-state index contributed by atoms with van der Waals surface area (Å²) in [5, 5.41) is 6.68. The summed E-state index contributed by atoms with van der Waals surface area (Å²) >= 11 is 3.42. The molecule has 0 N–H and O–H groups in total. The first kappa shape index (κ1) is 18.1. The fourth-order valence-corrected chi connectivity index (χ4v) is 4.15. The molecule has 0 aliphatic carbocycles. The summed E-state index contributed by atoms with van der Waals surface area (Å²) < 4.78 is 7.09. The summed E-state index contributed by atoms with van der Waals surface area (Å²) in [7, 11) is 0. The van der Waals surface area contributed by atoms with Gasteiger partial charge in [-0.1, -0.05) is 76.1 Å². The van der Waals surface area contributed by atoms with Gasteiger partial charge in [0.15, 0.2) is 0 Å². The fourth-order valence-electron chi connectivity index (χ4n) is 3.88. The summed E-state index contributed by atoms with van der Waals surface area (Å²) in [6.07, 6.45) is -0.0351. The second kappa shape index (κ2) is 7.16. The Bertz CT molecular complexity index is 1110. The molecule has 4 nitrogen and oxygen atoms in total. The van der Waals surface area contributed by atoms with Crippen LogP contribution in [0.4, 0.5) is 0 Å². The SMILES string of the molecule is Cc1ccc(C2=NN3C(C(=O)c4ccc(Br)cc4)Oc4ccccc4C3C2)cc1. The van der Waals surface area contributed by atoms with Crippen molar-refractivity contribution in [2.45, 2.75) is 25.6 Å². The maximum atomic E-state index is 13.3. The maximum absolute atomic E-state index is 13.3. The Balaban J connectivity index is 1.55. The van der Waals surface area contributed by atoms with Crippen LogP contribution in [0, 0.1) is 6.92 Å². The summed E-state index contributed by atoms with van der Waals surface area (Å²) in [5.41, 5.74) is 4.94. The largest absolute Gasteiger partial charge is 0.461 e. The topological polar surface area (TPSA) is 41.9 Å². The number of fused-ring (bicyclic) bond motifs is 3. The van der Waals surface area contributed by atoms with Gasteiger partial charge in [-0.05, 0) is 30.7 Å². The smallest absolute Gasteiger partial charge is 0.251 e. The van der Waals surface area contributed by atoms with E-state index in [2.05, 4.69) is 53.2 Å². The van der Waals surface area contributed by atoms with Crippen molar-refractivity contribution in [2.24, 2.45) is 5.10 Å². The van der Waals surface area contributed by atoms with Gasteiger partial charge in [-0.25, -0.2) is 5.01 Å². The Hall–Kier alpha value is -2.92. The van der Waals surface area contributed by atoms with E-state index in [1.807, 2.05) is 47.5 Å². The number of ketones is 1. The van der Waals surface area contributed by atoms with Gasteiger partial charge in [-0.15, -0.1) is 0 Å². The highest BCUT2D eigenvalue weighted by Gasteiger charge is 2.43. The summed E-state index contributed by atoms with van der Waals surface area (Å²) in [5.74, 6) is 0.662. The third kappa shape index (κ3) is 3.25. The van der Waals surface area contributed by atoms with Crippen molar-refractivity contribution < 1.29 is 9.53 Å². The number of aryl methyl sites for hydroxylation is 1. The predicted molar refractivity (Wildman–Crippen MR) is 116 cm³/mol. The molecule has 29 heavy (non-hydrogen) atoms. The van der Waals surface area contributed by atoms with Gasteiger partial charge in [0, 0.05) is 22.0 Å². The standard InChI is InChI=1S/C24H19BrN2O2/c1-15-6-8-16(9-7-15)20-14-21-19-4-2-3-5-22(19)29-24(27(21)26-20)23(28)17-10-12-18(25)13-11-17/h2-13,21,24H,14H2,1H3. The van der Waals surface area contributed by atoms with Crippen molar-refractivity contribution in [3.63, 3.8) is 0 Å². The van der Waals surface area contributed by atoms with Gasteiger partial charge < -0.3 is 4.74 Å². The molecular weight excluding hydrogens is 428 g/mol.